The van der Waals surface area contributed by atoms with Crippen LogP contribution in [0.1, 0.15) is 0 Å². The van der Waals surface area contributed by atoms with Gasteiger partial charge in [0.15, 0.2) is 40.5 Å². The molecule has 0 unspecified atom stereocenters. The van der Waals surface area contributed by atoms with Crippen LogP contribution in [0.15, 0.2) is 0 Å². The van der Waals surface area contributed by atoms with E-state index in [4.69, 9.17) is 51.9 Å². The fraction of sp³-hybridized carbons (Fsp3) is 1.00. The van der Waals surface area contributed by atoms with Gasteiger partial charge in [-0.1, -0.05) is 0 Å². The van der Waals surface area contributed by atoms with Gasteiger partial charge in [-0.3, -0.25) is 0 Å². The second-order valence-electron chi connectivity index (χ2n) is 3.60. The van der Waals surface area contributed by atoms with Crippen molar-refractivity contribution in [1.82, 2.24) is 0 Å². The smallest absolute Gasteiger partial charge is 0.485 e. The number of hydrogen-bond donors (Lipinski definition) is 0. The zero-order valence-electron chi connectivity index (χ0n) is 13.6. The molecule has 204 valence electrons. The summed E-state index contributed by atoms with van der Waals surface area (Å²) in [7, 11) is -24.4. The van der Waals surface area contributed by atoms with Crippen LogP contribution in [0.5, 0.6) is 0 Å². The summed E-state index contributed by atoms with van der Waals surface area (Å²) < 4.78 is 236. The topological polar surface area (TPSA) is 229 Å². The number of hydrogen-bond acceptors (Lipinski definition) is 12. The Balaban J connectivity index is -0.000000105. The maximum atomic E-state index is 10.7. The van der Waals surface area contributed by atoms with E-state index in [1.54, 1.807) is 0 Å². The second kappa shape index (κ2) is 13.1. The first-order valence-corrected chi connectivity index (χ1v) is 10.7. The van der Waals surface area contributed by atoms with Gasteiger partial charge in [0.2, 0.25) is 0 Å². The molecule has 0 aromatic rings. The van der Waals surface area contributed by atoms with Crippen LogP contribution in [0.3, 0.4) is 0 Å². The molecule has 0 aliphatic heterocycles. The van der Waals surface area contributed by atoms with Crippen molar-refractivity contribution in [3.63, 3.8) is 0 Å². The zero-order chi connectivity index (χ0) is 28.0. The van der Waals surface area contributed by atoms with Gasteiger partial charge in [-0.05, 0) is 0 Å². The van der Waals surface area contributed by atoms with Crippen molar-refractivity contribution < 1.29 is 105 Å². The molecule has 0 aliphatic carbocycles. The molecule has 0 N–H and O–H groups in total. The minimum absolute atomic E-state index is 0. The Morgan fingerprint density at radius 1 is 0.333 bits per heavy atom. The first-order chi connectivity index (χ1) is 13.0. The second-order valence-corrected chi connectivity index (χ2v) is 9.08. The Labute approximate surface area is 194 Å². The molecule has 0 saturated carbocycles. The van der Waals surface area contributed by atoms with Gasteiger partial charge in [-0.15, -0.1) is 0 Å². The van der Waals surface area contributed by atoms with Crippen LogP contribution >= 0.6 is 0 Å². The summed E-state index contributed by atoms with van der Waals surface area (Å²) in [6.07, 6.45) is 0. The molecule has 0 heterocycles. The molecule has 29 heteroatoms. The van der Waals surface area contributed by atoms with Crippen LogP contribution in [-0.2, 0) is 40.5 Å². The summed E-state index contributed by atoms with van der Waals surface area (Å²) >= 11 is 0. The Hall–Kier alpha value is -0.278. The molecular weight excluding hydrogens is 803 g/mol. The fourth-order valence-electron chi connectivity index (χ4n) is 0. The van der Waals surface area contributed by atoms with E-state index in [2.05, 4.69) is 0 Å². The maximum absolute atomic E-state index is 10.7. The van der Waals surface area contributed by atoms with Crippen LogP contribution < -0.4 is 0 Å². The van der Waals surface area contributed by atoms with Gasteiger partial charge >= 0.3 is 22.0 Å². The number of alkyl halides is 12. The van der Waals surface area contributed by atoms with Gasteiger partial charge in [-0.25, -0.2) is 33.7 Å². The summed E-state index contributed by atoms with van der Waals surface area (Å²) in [5.41, 5.74) is -22.6. The molecule has 0 amide bonds. The summed E-state index contributed by atoms with van der Waals surface area (Å²) in [6, 6.07) is 0. The van der Waals surface area contributed by atoms with Crippen LogP contribution in [0.4, 0.5) is 52.7 Å². The predicted molar refractivity (Wildman–Crippen MR) is 68.8 cm³/mol. The molecular formula is C4F12O12PbS4-4. The summed E-state index contributed by atoms with van der Waals surface area (Å²) in [6.45, 7) is 0. The molecule has 0 aliphatic rings. The van der Waals surface area contributed by atoms with E-state index in [9.17, 15) is 52.7 Å². The van der Waals surface area contributed by atoms with Crippen LogP contribution in [0.2, 0.25) is 0 Å². The summed E-state index contributed by atoms with van der Waals surface area (Å²) in [5.74, 6) is 0. The Kier molecular flexibility index (Phi) is 17.1. The zero-order valence-corrected chi connectivity index (χ0v) is 20.7. The first kappa shape index (κ1) is 42.8. The van der Waals surface area contributed by atoms with E-state index >= 15 is 0 Å². The van der Waals surface area contributed by atoms with Gasteiger partial charge in [0.25, 0.3) is 0 Å². The van der Waals surface area contributed by atoms with Crippen LogP contribution in [0.25, 0.3) is 0 Å². The minimum atomic E-state index is -6.09. The van der Waals surface area contributed by atoms with Crippen LogP contribution in [-0.4, -0.2) is 101 Å². The van der Waals surface area contributed by atoms with Gasteiger partial charge < -0.3 is 18.2 Å². The van der Waals surface area contributed by atoms with E-state index < -0.39 is 62.5 Å². The quantitative estimate of drug-likeness (QED) is 0.135. The Morgan fingerprint density at radius 2 is 0.364 bits per heavy atom. The average molecular weight is 803 g/mol. The largest absolute Gasteiger partial charge is 0.741 e. The Bertz CT molecular complexity index is 828. The van der Waals surface area contributed by atoms with E-state index in [-0.39, 0.29) is 27.3 Å². The third-order valence-electron chi connectivity index (χ3n) is 1.13. The molecule has 0 saturated heterocycles. The molecule has 4 radical (unpaired) electrons. The first-order valence-electron chi connectivity index (χ1n) is 5.08. The van der Waals surface area contributed by atoms with Crippen molar-refractivity contribution in [2.75, 3.05) is 0 Å². The van der Waals surface area contributed by atoms with E-state index in [1.807, 2.05) is 0 Å². The van der Waals surface area contributed by atoms with Gasteiger partial charge in [0, 0.05) is 27.3 Å². The fourth-order valence-corrected chi connectivity index (χ4v) is 0. The SMILES string of the molecule is O=S(=O)([O-])C(F)(F)F.O=S(=O)([O-])C(F)(F)F.O=S(=O)([O-])C(F)(F)F.O=S(=O)([O-])C(F)(F)F.[Pb]. The average Bonchev–Trinajstić information content (AvgIpc) is 2.30. The van der Waals surface area contributed by atoms with Crippen molar-refractivity contribution >= 4 is 67.8 Å². The molecule has 0 bridgehead atoms. The van der Waals surface area contributed by atoms with Crippen LogP contribution in [0, 0.1) is 0 Å². The van der Waals surface area contributed by atoms with Crippen molar-refractivity contribution in [3.8, 4) is 0 Å². The van der Waals surface area contributed by atoms with E-state index in [0.717, 1.165) is 0 Å². The molecule has 0 aromatic heterocycles. The van der Waals surface area contributed by atoms with Gasteiger partial charge in [0.05, 0.1) is 0 Å². The Morgan fingerprint density at radius 3 is 0.364 bits per heavy atom. The number of rotatable bonds is 0. The predicted octanol–water partition coefficient (Wildman–Crippen LogP) is -0.175. The van der Waals surface area contributed by atoms with Gasteiger partial charge in [0.1, 0.15) is 0 Å². The molecule has 0 atom stereocenters. The van der Waals surface area contributed by atoms with E-state index in [1.165, 1.54) is 0 Å². The molecule has 0 spiro atoms. The third kappa shape index (κ3) is 22.0. The van der Waals surface area contributed by atoms with E-state index in [0.29, 0.717) is 0 Å². The van der Waals surface area contributed by atoms with Gasteiger partial charge in [-0.2, -0.15) is 52.7 Å². The van der Waals surface area contributed by atoms with Crippen molar-refractivity contribution in [1.29, 1.82) is 0 Å². The normalized spacial score (nSPS) is 13.6. The van der Waals surface area contributed by atoms with Crippen molar-refractivity contribution in [3.05, 3.63) is 0 Å². The van der Waals surface area contributed by atoms with Crippen molar-refractivity contribution in [2.24, 2.45) is 0 Å². The minimum Gasteiger partial charge on any atom is -0.741 e. The monoisotopic (exact) mass is 804 g/mol. The molecule has 12 nitrogen and oxygen atoms in total. The molecule has 33 heavy (non-hydrogen) atoms. The molecule has 0 aromatic carbocycles. The molecule has 0 rings (SSSR count). The third-order valence-corrected chi connectivity index (χ3v) is 3.40. The number of halogens is 12. The summed E-state index contributed by atoms with van der Waals surface area (Å²) in [5, 5.41) is 0. The molecule has 0 fully saturated rings. The maximum Gasteiger partial charge on any atom is 0.485 e. The summed E-state index contributed by atoms with van der Waals surface area (Å²) in [4.78, 5) is 0. The standard InChI is InChI=1S/4CHF3O3S.Pb/c4*2-1(3,4)8(5,6)7;/h4*(H,5,6,7);/p-4. The van der Waals surface area contributed by atoms with Crippen molar-refractivity contribution in [2.45, 2.75) is 22.0 Å².